The third-order valence-electron chi connectivity index (χ3n) is 1.42. The molecule has 0 saturated carbocycles. The van der Waals surface area contributed by atoms with Crippen molar-refractivity contribution >= 4 is 23.0 Å². The zero-order valence-electron chi connectivity index (χ0n) is 6.12. The molecule has 1 rings (SSSR count). The van der Waals surface area contributed by atoms with E-state index in [-0.39, 0.29) is 11.2 Å². The summed E-state index contributed by atoms with van der Waals surface area (Å²) in [6, 6.07) is -0.436. The van der Waals surface area contributed by atoms with E-state index < -0.39 is 6.04 Å². The normalized spacial score (nSPS) is 24.1. The highest BCUT2D eigenvalue weighted by atomic mass is 32.2. The molecule has 5 heteroatoms. The Balaban J connectivity index is 2.45. The van der Waals surface area contributed by atoms with Gasteiger partial charge in [0.15, 0.2) is 0 Å². The first kappa shape index (κ1) is 8.39. The second-order valence-electron chi connectivity index (χ2n) is 2.14. The molecule has 1 aliphatic rings. The summed E-state index contributed by atoms with van der Waals surface area (Å²) in [6.45, 7) is 0. The maximum atomic E-state index is 10.9. The van der Waals surface area contributed by atoms with Gasteiger partial charge >= 0.3 is 5.97 Å². The first-order valence-corrected chi connectivity index (χ1v) is 4.23. The number of methoxy groups -OCH3 is 1. The minimum Gasteiger partial charge on any atom is -0.467 e. The molecule has 0 aromatic rings. The average molecular weight is 175 g/mol. The third kappa shape index (κ3) is 2.11. The van der Waals surface area contributed by atoms with Crippen molar-refractivity contribution in [2.75, 3.05) is 12.9 Å². The Hall–Kier alpha value is -0.710. The SMILES string of the molecule is COC(=O)C1CCSC(=O)N1. The molecule has 1 atom stereocenters. The number of carbonyl (C=O) groups excluding carboxylic acids is 2. The van der Waals surface area contributed by atoms with Crippen LogP contribution in [-0.4, -0.2) is 30.1 Å². The van der Waals surface area contributed by atoms with Gasteiger partial charge in [0.25, 0.3) is 5.24 Å². The van der Waals surface area contributed by atoms with Crippen LogP contribution in [0.25, 0.3) is 0 Å². The second-order valence-corrected chi connectivity index (χ2v) is 3.21. The topological polar surface area (TPSA) is 55.4 Å². The van der Waals surface area contributed by atoms with E-state index in [1.54, 1.807) is 0 Å². The summed E-state index contributed by atoms with van der Waals surface area (Å²) in [6.07, 6.45) is 0.656. The molecule has 1 unspecified atom stereocenters. The van der Waals surface area contributed by atoms with E-state index in [0.29, 0.717) is 12.2 Å². The highest BCUT2D eigenvalue weighted by Gasteiger charge is 2.25. The lowest BCUT2D eigenvalue weighted by atomic mass is 10.2. The molecular weight excluding hydrogens is 166 g/mol. The molecule has 0 aliphatic carbocycles. The summed E-state index contributed by atoms with van der Waals surface area (Å²) in [5.41, 5.74) is 0. The van der Waals surface area contributed by atoms with Crippen molar-refractivity contribution in [2.45, 2.75) is 12.5 Å². The highest BCUT2D eigenvalue weighted by Crippen LogP contribution is 2.13. The molecule has 62 valence electrons. The fourth-order valence-corrected chi connectivity index (χ4v) is 1.61. The fraction of sp³-hybridized carbons (Fsp3) is 0.667. The van der Waals surface area contributed by atoms with Crippen LogP contribution >= 0.6 is 11.8 Å². The Kier molecular flexibility index (Phi) is 2.76. The van der Waals surface area contributed by atoms with E-state index in [4.69, 9.17) is 0 Å². The van der Waals surface area contributed by atoms with Crippen LogP contribution in [-0.2, 0) is 9.53 Å². The monoisotopic (exact) mass is 175 g/mol. The summed E-state index contributed by atoms with van der Waals surface area (Å²) in [5, 5.41) is 2.37. The Morgan fingerprint density at radius 1 is 1.82 bits per heavy atom. The second kappa shape index (κ2) is 3.61. The number of carbonyl (C=O) groups is 2. The number of amides is 1. The van der Waals surface area contributed by atoms with Crippen molar-refractivity contribution in [1.29, 1.82) is 0 Å². The number of hydrogen-bond acceptors (Lipinski definition) is 4. The zero-order valence-corrected chi connectivity index (χ0v) is 6.94. The van der Waals surface area contributed by atoms with Gasteiger partial charge in [-0.25, -0.2) is 4.79 Å². The fourth-order valence-electron chi connectivity index (χ4n) is 0.845. The van der Waals surface area contributed by atoms with Gasteiger partial charge in [-0.2, -0.15) is 0 Å². The van der Waals surface area contributed by atoms with Crippen LogP contribution in [0, 0.1) is 0 Å². The number of ether oxygens (including phenoxy) is 1. The number of nitrogens with one attached hydrogen (secondary N) is 1. The molecule has 1 aliphatic heterocycles. The molecule has 0 aromatic heterocycles. The van der Waals surface area contributed by atoms with Gasteiger partial charge in [0.1, 0.15) is 6.04 Å². The van der Waals surface area contributed by atoms with Gasteiger partial charge in [0.05, 0.1) is 7.11 Å². The molecule has 1 saturated heterocycles. The maximum Gasteiger partial charge on any atom is 0.328 e. The summed E-state index contributed by atoms with van der Waals surface area (Å²) in [4.78, 5) is 21.6. The van der Waals surface area contributed by atoms with Crippen LogP contribution in [0.1, 0.15) is 6.42 Å². The molecule has 0 radical (unpaired) electrons. The van der Waals surface area contributed by atoms with Crippen molar-refractivity contribution in [1.82, 2.24) is 5.32 Å². The van der Waals surface area contributed by atoms with E-state index in [9.17, 15) is 9.59 Å². The van der Waals surface area contributed by atoms with Gasteiger partial charge in [-0.15, -0.1) is 0 Å². The van der Waals surface area contributed by atoms with Crippen molar-refractivity contribution in [3.63, 3.8) is 0 Å². The summed E-state index contributed by atoms with van der Waals surface area (Å²) < 4.78 is 4.48. The van der Waals surface area contributed by atoms with Gasteiger partial charge in [-0.05, 0) is 6.42 Å². The van der Waals surface area contributed by atoms with Crippen molar-refractivity contribution in [3.05, 3.63) is 0 Å². The molecule has 4 nitrogen and oxygen atoms in total. The lowest BCUT2D eigenvalue weighted by molar-refractivity contribution is -0.142. The molecule has 0 aromatic carbocycles. The van der Waals surface area contributed by atoms with Crippen LogP contribution in [0.15, 0.2) is 0 Å². The summed E-state index contributed by atoms with van der Waals surface area (Å²) in [7, 11) is 1.32. The van der Waals surface area contributed by atoms with E-state index in [0.717, 1.165) is 0 Å². The van der Waals surface area contributed by atoms with Crippen LogP contribution in [0.5, 0.6) is 0 Å². The van der Waals surface area contributed by atoms with Crippen molar-refractivity contribution in [3.8, 4) is 0 Å². The minimum atomic E-state index is -0.436. The molecular formula is C6H9NO3S. The summed E-state index contributed by atoms with van der Waals surface area (Å²) in [5.74, 6) is 0.324. The van der Waals surface area contributed by atoms with E-state index >= 15 is 0 Å². The molecule has 1 N–H and O–H groups in total. The molecule has 0 bridgehead atoms. The van der Waals surface area contributed by atoms with E-state index in [1.807, 2.05) is 0 Å². The highest BCUT2D eigenvalue weighted by molar-refractivity contribution is 8.13. The number of thioether (sulfide) groups is 1. The Morgan fingerprint density at radius 2 is 2.55 bits per heavy atom. The smallest absolute Gasteiger partial charge is 0.328 e. The van der Waals surface area contributed by atoms with Crippen LogP contribution < -0.4 is 5.32 Å². The van der Waals surface area contributed by atoms with Crippen molar-refractivity contribution in [2.24, 2.45) is 0 Å². The first-order chi connectivity index (χ1) is 5.24. The quantitative estimate of drug-likeness (QED) is 0.585. The maximum absolute atomic E-state index is 10.9. The predicted molar refractivity (Wildman–Crippen MR) is 41.4 cm³/mol. The van der Waals surface area contributed by atoms with Crippen LogP contribution in [0.3, 0.4) is 0 Å². The number of rotatable bonds is 1. The van der Waals surface area contributed by atoms with Crippen LogP contribution in [0.2, 0.25) is 0 Å². The van der Waals surface area contributed by atoms with Gasteiger partial charge in [0, 0.05) is 5.75 Å². The summed E-state index contributed by atoms with van der Waals surface area (Å²) >= 11 is 1.19. The van der Waals surface area contributed by atoms with Gasteiger partial charge in [-0.1, -0.05) is 11.8 Å². The first-order valence-electron chi connectivity index (χ1n) is 3.25. The Morgan fingerprint density at radius 3 is 3.09 bits per heavy atom. The van der Waals surface area contributed by atoms with Gasteiger partial charge < -0.3 is 10.1 Å². The van der Waals surface area contributed by atoms with Gasteiger partial charge in [0.2, 0.25) is 0 Å². The lowest BCUT2D eigenvalue weighted by Gasteiger charge is -2.19. The van der Waals surface area contributed by atoms with Gasteiger partial charge in [-0.3, -0.25) is 4.79 Å². The zero-order chi connectivity index (χ0) is 8.27. The predicted octanol–water partition coefficient (Wildman–Crippen LogP) is 0.374. The third-order valence-corrected chi connectivity index (χ3v) is 2.24. The van der Waals surface area contributed by atoms with Crippen LogP contribution in [0.4, 0.5) is 4.79 Å². The van der Waals surface area contributed by atoms with Crippen molar-refractivity contribution < 1.29 is 14.3 Å². The number of hydrogen-bond donors (Lipinski definition) is 1. The molecule has 1 amide bonds. The van der Waals surface area contributed by atoms with E-state index in [1.165, 1.54) is 18.9 Å². The number of esters is 1. The average Bonchev–Trinajstić information content (AvgIpc) is 2.03. The Bertz CT molecular complexity index is 183. The Labute approximate surface area is 68.7 Å². The molecule has 0 spiro atoms. The lowest BCUT2D eigenvalue weighted by Crippen LogP contribution is -2.43. The molecule has 1 heterocycles. The standard InChI is InChI=1S/C6H9NO3S/c1-10-5(8)4-2-3-11-6(9)7-4/h4H,2-3H2,1H3,(H,7,9). The minimum absolute atomic E-state index is 0.147. The largest absolute Gasteiger partial charge is 0.467 e. The molecule has 1 fully saturated rings. The van der Waals surface area contributed by atoms with E-state index in [2.05, 4.69) is 10.1 Å². The molecule has 11 heavy (non-hydrogen) atoms.